The lowest BCUT2D eigenvalue weighted by atomic mass is 9.98. The van der Waals surface area contributed by atoms with Gasteiger partial charge in [-0.3, -0.25) is 0 Å². The highest BCUT2D eigenvalue weighted by Gasteiger charge is 2.03. The minimum absolute atomic E-state index is 0. The predicted molar refractivity (Wildman–Crippen MR) is 65.9 cm³/mol. The molecule has 14 heavy (non-hydrogen) atoms. The van der Waals surface area contributed by atoms with Gasteiger partial charge in [0.15, 0.2) is 0 Å². The molecule has 0 radical (unpaired) electrons. The van der Waals surface area contributed by atoms with Gasteiger partial charge in [0.2, 0.25) is 0 Å². The van der Waals surface area contributed by atoms with Crippen molar-refractivity contribution in [2.24, 2.45) is 5.73 Å². The van der Waals surface area contributed by atoms with E-state index >= 15 is 0 Å². The van der Waals surface area contributed by atoms with Crippen LogP contribution >= 0.6 is 0 Å². The van der Waals surface area contributed by atoms with E-state index in [0.717, 1.165) is 17.5 Å². The summed E-state index contributed by atoms with van der Waals surface area (Å²) in [5.41, 5.74) is 9.64. The van der Waals surface area contributed by atoms with Gasteiger partial charge < -0.3 is 5.73 Å². The number of aryl methyl sites for hydroxylation is 1. The van der Waals surface area contributed by atoms with Crippen molar-refractivity contribution in [2.75, 3.05) is 0 Å². The fourth-order valence-corrected chi connectivity index (χ4v) is 1.44. The Balaban J connectivity index is 0.00000169. The fraction of sp³-hybridized carbons (Fsp3) is 0.231. The van der Waals surface area contributed by atoms with Gasteiger partial charge in [0.1, 0.15) is 0 Å². The summed E-state index contributed by atoms with van der Waals surface area (Å²) in [6.45, 7) is 9.64. The van der Waals surface area contributed by atoms with Crippen molar-refractivity contribution >= 4 is 11.8 Å². The number of nitrogens with two attached hydrogens (primary N) is 1. The molecule has 0 spiro atoms. The second-order valence-electron chi connectivity index (χ2n) is 2.96. The maximum atomic E-state index is 5.67. The second kappa shape index (κ2) is 5.28. The zero-order chi connectivity index (χ0) is 9.84. The quantitative estimate of drug-likeness (QED) is 0.774. The van der Waals surface area contributed by atoms with Gasteiger partial charge in [0.25, 0.3) is 0 Å². The Morgan fingerprint density at radius 3 is 2.57 bits per heavy atom. The van der Waals surface area contributed by atoms with E-state index in [1.165, 1.54) is 5.56 Å². The van der Waals surface area contributed by atoms with Gasteiger partial charge in [0, 0.05) is 11.3 Å². The lowest BCUT2D eigenvalue weighted by molar-refractivity contribution is 1.13. The second-order valence-corrected chi connectivity index (χ2v) is 2.96. The molecular weight excluding hydrogens is 170 g/mol. The van der Waals surface area contributed by atoms with Crippen LogP contribution in [0.5, 0.6) is 0 Å². The molecule has 1 aromatic rings. The average molecular weight is 189 g/mol. The Kier molecular flexibility index (Phi) is 4.71. The van der Waals surface area contributed by atoms with Crippen LogP contribution in [0, 0.1) is 0 Å². The number of benzene rings is 1. The largest absolute Gasteiger partial charge is 0.399 e. The molecule has 0 aromatic heterocycles. The third kappa shape index (κ3) is 2.25. The summed E-state index contributed by atoms with van der Waals surface area (Å²) in [7, 11) is 0. The smallest absolute Gasteiger partial charge is 0.0320 e. The molecule has 1 aromatic carbocycles. The third-order valence-corrected chi connectivity index (χ3v) is 2.13. The van der Waals surface area contributed by atoms with Crippen molar-refractivity contribution in [2.45, 2.75) is 20.8 Å². The molecule has 0 amide bonds. The van der Waals surface area contributed by atoms with Crippen LogP contribution in [-0.2, 0) is 6.42 Å². The van der Waals surface area contributed by atoms with E-state index in [1.54, 1.807) is 0 Å². The lowest BCUT2D eigenvalue weighted by Crippen LogP contribution is -1.99. The van der Waals surface area contributed by atoms with E-state index in [0.29, 0.717) is 5.70 Å². The Bertz CT molecular complexity index is 337. The van der Waals surface area contributed by atoms with Crippen LogP contribution < -0.4 is 5.73 Å². The maximum absolute atomic E-state index is 5.67. The minimum Gasteiger partial charge on any atom is -0.399 e. The van der Waals surface area contributed by atoms with Crippen LogP contribution in [-0.4, -0.2) is 0 Å². The molecule has 0 aliphatic rings. The van der Waals surface area contributed by atoms with E-state index in [2.05, 4.69) is 26.1 Å². The monoisotopic (exact) mass is 189 g/mol. The first-order valence-corrected chi connectivity index (χ1v) is 4.39. The van der Waals surface area contributed by atoms with Gasteiger partial charge in [-0.25, -0.2) is 0 Å². The molecule has 1 rings (SSSR count). The van der Waals surface area contributed by atoms with Crippen molar-refractivity contribution in [3.63, 3.8) is 0 Å². The van der Waals surface area contributed by atoms with E-state index in [4.69, 9.17) is 5.73 Å². The first-order chi connectivity index (χ1) is 6.20. The van der Waals surface area contributed by atoms with Crippen LogP contribution in [0.25, 0.3) is 11.8 Å². The summed E-state index contributed by atoms with van der Waals surface area (Å²) in [5, 5.41) is 0. The summed E-state index contributed by atoms with van der Waals surface area (Å²) in [4.78, 5) is 0. The molecule has 0 unspecified atom stereocenters. The molecule has 76 valence electrons. The zero-order valence-electron chi connectivity index (χ0n) is 8.01. The van der Waals surface area contributed by atoms with Crippen molar-refractivity contribution in [3.8, 4) is 0 Å². The van der Waals surface area contributed by atoms with Crippen molar-refractivity contribution < 1.29 is 0 Å². The molecule has 0 saturated carbocycles. The highest BCUT2D eigenvalue weighted by atomic mass is 14.6. The number of hydrogen-bond donors (Lipinski definition) is 1. The Morgan fingerprint density at radius 1 is 1.50 bits per heavy atom. The molecule has 0 fully saturated rings. The van der Waals surface area contributed by atoms with E-state index in [1.807, 2.05) is 18.2 Å². The Morgan fingerprint density at radius 2 is 2.14 bits per heavy atom. The number of hydrogen-bond acceptors (Lipinski definition) is 1. The summed E-state index contributed by atoms with van der Waals surface area (Å²) < 4.78 is 0. The van der Waals surface area contributed by atoms with E-state index < -0.39 is 0 Å². The third-order valence-electron chi connectivity index (χ3n) is 2.13. The maximum Gasteiger partial charge on any atom is 0.0320 e. The van der Waals surface area contributed by atoms with Crippen LogP contribution in [0.1, 0.15) is 31.0 Å². The summed E-state index contributed by atoms with van der Waals surface area (Å²) in [6.07, 6.45) is 2.83. The Labute approximate surface area is 87.0 Å². The molecule has 0 atom stereocenters. The summed E-state index contributed by atoms with van der Waals surface area (Å²) in [6, 6.07) is 6.06. The molecule has 0 aliphatic carbocycles. The molecule has 2 N–H and O–H groups in total. The predicted octanol–water partition coefficient (Wildman–Crippen LogP) is 3.46. The fourth-order valence-electron chi connectivity index (χ4n) is 1.44. The highest BCUT2D eigenvalue weighted by Crippen LogP contribution is 2.20. The standard InChI is InChI=1S/C12H15N.CH4/c1-4-10-7-6-8-12(9(3)13)11(10)5-2;/h5-8H,2-4,13H2,1H3;1H4. The van der Waals surface area contributed by atoms with Gasteiger partial charge in [-0.1, -0.05) is 51.8 Å². The van der Waals surface area contributed by atoms with Crippen LogP contribution in [0.15, 0.2) is 31.4 Å². The van der Waals surface area contributed by atoms with Gasteiger partial charge in [-0.2, -0.15) is 0 Å². The topological polar surface area (TPSA) is 26.0 Å². The first-order valence-electron chi connectivity index (χ1n) is 4.39. The zero-order valence-corrected chi connectivity index (χ0v) is 8.01. The van der Waals surface area contributed by atoms with Gasteiger partial charge >= 0.3 is 0 Å². The van der Waals surface area contributed by atoms with Crippen molar-refractivity contribution in [1.29, 1.82) is 0 Å². The number of rotatable bonds is 3. The lowest BCUT2D eigenvalue weighted by Gasteiger charge is -2.09. The van der Waals surface area contributed by atoms with Gasteiger partial charge in [-0.15, -0.1) is 0 Å². The van der Waals surface area contributed by atoms with E-state index in [9.17, 15) is 0 Å². The van der Waals surface area contributed by atoms with Gasteiger partial charge in [0.05, 0.1) is 0 Å². The van der Waals surface area contributed by atoms with Crippen molar-refractivity contribution in [3.05, 3.63) is 48.0 Å². The highest BCUT2D eigenvalue weighted by molar-refractivity contribution is 5.72. The van der Waals surface area contributed by atoms with Crippen molar-refractivity contribution in [1.82, 2.24) is 0 Å². The summed E-state index contributed by atoms with van der Waals surface area (Å²) >= 11 is 0. The minimum atomic E-state index is 0. The van der Waals surface area contributed by atoms with Crippen LogP contribution in [0.3, 0.4) is 0 Å². The Hall–Kier alpha value is -1.50. The molecule has 0 saturated heterocycles. The molecule has 0 aliphatic heterocycles. The van der Waals surface area contributed by atoms with E-state index in [-0.39, 0.29) is 7.43 Å². The SMILES string of the molecule is C.C=Cc1c(CC)cccc1C(=C)N. The first kappa shape index (κ1) is 12.5. The molecule has 1 heteroatoms. The average Bonchev–Trinajstić information content (AvgIpc) is 2.16. The molecular formula is C13H19N. The molecule has 0 heterocycles. The molecule has 1 nitrogen and oxygen atoms in total. The van der Waals surface area contributed by atoms with Gasteiger partial charge in [-0.05, 0) is 17.5 Å². The normalized spacial score (nSPS) is 8.93. The molecule has 0 bridgehead atoms. The summed E-state index contributed by atoms with van der Waals surface area (Å²) in [5.74, 6) is 0. The van der Waals surface area contributed by atoms with Crippen LogP contribution in [0.2, 0.25) is 0 Å². The van der Waals surface area contributed by atoms with Crippen LogP contribution in [0.4, 0.5) is 0 Å².